The average Bonchev–Trinajstić information content (AvgIpc) is 3.28. The Morgan fingerprint density at radius 2 is 1.74 bits per heavy atom. The molecular formula is C24H21N3O4. The molecule has 0 spiro atoms. The van der Waals surface area contributed by atoms with Gasteiger partial charge < -0.3 is 14.5 Å². The minimum absolute atomic E-state index is 0.185. The maximum absolute atomic E-state index is 12.4. The Balaban J connectivity index is 1.33. The highest BCUT2D eigenvalue weighted by molar-refractivity contribution is 5.99. The van der Waals surface area contributed by atoms with Crippen molar-refractivity contribution in [2.45, 2.75) is 20.0 Å². The normalized spacial score (nSPS) is 11.8. The lowest BCUT2D eigenvalue weighted by Crippen LogP contribution is -2.31. The first-order valence-corrected chi connectivity index (χ1v) is 9.86. The first-order valence-electron chi connectivity index (χ1n) is 9.86. The van der Waals surface area contributed by atoms with E-state index in [1.807, 2.05) is 61.5 Å². The third-order valence-electron chi connectivity index (χ3n) is 4.80. The summed E-state index contributed by atoms with van der Waals surface area (Å²) in [4.78, 5) is 24.5. The fourth-order valence-electron chi connectivity index (χ4n) is 3.09. The first-order chi connectivity index (χ1) is 15.0. The van der Waals surface area contributed by atoms with Crippen molar-refractivity contribution < 1.29 is 18.7 Å². The molecule has 0 unspecified atom stereocenters. The average molecular weight is 415 g/mol. The molecule has 1 heterocycles. The molecule has 1 aromatic heterocycles. The highest BCUT2D eigenvalue weighted by atomic mass is 16.6. The zero-order valence-electron chi connectivity index (χ0n) is 17.2. The fourth-order valence-corrected chi connectivity index (χ4v) is 3.09. The SMILES string of the molecule is Cc1ccc(-c2nnc([C@@H](C)OC(=O)CNC(=O)c3ccc4ccccc4c3)o2)cc1. The monoisotopic (exact) mass is 415 g/mol. The van der Waals surface area contributed by atoms with Crippen LogP contribution < -0.4 is 5.32 Å². The Morgan fingerprint density at radius 1 is 1.00 bits per heavy atom. The van der Waals surface area contributed by atoms with E-state index in [1.165, 1.54) is 0 Å². The van der Waals surface area contributed by atoms with E-state index in [4.69, 9.17) is 9.15 Å². The number of esters is 1. The van der Waals surface area contributed by atoms with Gasteiger partial charge in [-0.3, -0.25) is 9.59 Å². The van der Waals surface area contributed by atoms with Gasteiger partial charge in [0.15, 0.2) is 6.10 Å². The second-order valence-corrected chi connectivity index (χ2v) is 7.19. The van der Waals surface area contributed by atoms with Gasteiger partial charge in [-0.25, -0.2) is 0 Å². The summed E-state index contributed by atoms with van der Waals surface area (Å²) < 4.78 is 10.9. The third kappa shape index (κ3) is 4.78. The van der Waals surface area contributed by atoms with E-state index >= 15 is 0 Å². The minimum Gasteiger partial charge on any atom is -0.451 e. The van der Waals surface area contributed by atoms with Gasteiger partial charge in [0.25, 0.3) is 11.8 Å². The van der Waals surface area contributed by atoms with Crippen molar-refractivity contribution in [3.8, 4) is 11.5 Å². The predicted molar refractivity (Wildman–Crippen MR) is 115 cm³/mol. The van der Waals surface area contributed by atoms with E-state index in [2.05, 4.69) is 15.5 Å². The number of hydrogen-bond donors (Lipinski definition) is 1. The molecule has 1 amide bonds. The number of aryl methyl sites for hydroxylation is 1. The second-order valence-electron chi connectivity index (χ2n) is 7.19. The number of amides is 1. The van der Waals surface area contributed by atoms with E-state index in [9.17, 15) is 9.59 Å². The number of benzene rings is 3. The number of fused-ring (bicyclic) bond motifs is 1. The van der Waals surface area contributed by atoms with Gasteiger partial charge in [0.1, 0.15) is 6.54 Å². The maximum Gasteiger partial charge on any atom is 0.326 e. The largest absolute Gasteiger partial charge is 0.451 e. The first kappa shape index (κ1) is 20.3. The summed E-state index contributed by atoms with van der Waals surface area (Å²) in [5.74, 6) is -0.418. The van der Waals surface area contributed by atoms with Crippen LogP contribution in [-0.4, -0.2) is 28.6 Å². The molecule has 4 aromatic rings. The zero-order valence-corrected chi connectivity index (χ0v) is 17.2. The van der Waals surface area contributed by atoms with Gasteiger partial charge in [-0.1, -0.05) is 48.0 Å². The Kier molecular flexibility index (Phi) is 5.75. The van der Waals surface area contributed by atoms with Gasteiger partial charge in [0.2, 0.25) is 5.89 Å². The molecule has 156 valence electrons. The van der Waals surface area contributed by atoms with Crippen LogP contribution >= 0.6 is 0 Å². The summed E-state index contributed by atoms with van der Waals surface area (Å²) in [5.41, 5.74) is 2.38. The molecule has 3 aromatic carbocycles. The van der Waals surface area contributed by atoms with Crippen molar-refractivity contribution in [1.82, 2.24) is 15.5 Å². The molecule has 4 rings (SSSR count). The molecule has 0 radical (unpaired) electrons. The summed E-state index contributed by atoms with van der Waals surface area (Å²) in [6.45, 7) is 3.35. The summed E-state index contributed by atoms with van der Waals surface area (Å²) in [7, 11) is 0. The number of rotatable bonds is 6. The highest BCUT2D eigenvalue weighted by Crippen LogP contribution is 2.22. The second kappa shape index (κ2) is 8.79. The van der Waals surface area contributed by atoms with Crippen LogP contribution in [0.5, 0.6) is 0 Å². The fraction of sp³-hybridized carbons (Fsp3) is 0.167. The van der Waals surface area contributed by atoms with Crippen LogP contribution in [0.25, 0.3) is 22.2 Å². The molecule has 7 heteroatoms. The van der Waals surface area contributed by atoms with Crippen molar-refractivity contribution in [3.63, 3.8) is 0 Å². The lowest BCUT2D eigenvalue weighted by molar-refractivity contribution is -0.148. The van der Waals surface area contributed by atoms with Crippen LogP contribution in [0.3, 0.4) is 0 Å². The number of nitrogens with one attached hydrogen (secondary N) is 1. The maximum atomic E-state index is 12.4. The van der Waals surface area contributed by atoms with E-state index in [1.54, 1.807) is 19.1 Å². The van der Waals surface area contributed by atoms with Crippen LogP contribution in [0.15, 0.2) is 71.1 Å². The van der Waals surface area contributed by atoms with Crippen LogP contribution in [0.4, 0.5) is 0 Å². The van der Waals surface area contributed by atoms with Gasteiger partial charge in [-0.2, -0.15) is 0 Å². The molecule has 0 bridgehead atoms. The topological polar surface area (TPSA) is 94.3 Å². The third-order valence-corrected chi connectivity index (χ3v) is 4.80. The molecule has 1 atom stereocenters. The molecule has 0 saturated heterocycles. The smallest absolute Gasteiger partial charge is 0.326 e. The van der Waals surface area contributed by atoms with E-state index < -0.39 is 12.1 Å². The van der Waals surface area contributed by atoms with Gasteiger partial charge in [-0.05, 0) is 48.9 Å². The Bertz CT molecular complexity index is 1230. The quantitative estimate of drug-likeness (QED) is 0.474. The number of hydrogen-bond acceptors (Lipinski definition) is 6. The molecule has 0 aliphatic rings. The van der Waals surface area contributed by atoms with Crippen molar-refractivity contribution in [2.24, 2.45) is 0 Å². The highest BCUT2D eigenvalue weighted by Gasteiger charge is 2.19. The molecule has 0 saturated carbocycles. The Hall–Kier alpha value is -4.00. The van der Waals surface area contributed by atoms with Crippen LogP contribution in [0.2, 0.25) is 0 Å². The number of carbonyl (C=O) groups is 2. The Morgan fingerprint density at radius 3 is 2.52 bits per heavy atom. The van der Waals surface area contributed by atoms with Crippen molar-refractivity contribution in [1.29, 1.82) is 0 Å². The molecule has 0 aliphatic heterocycles. The summed E-state index contributed by atoms with van der Waals surface area (Å²) in [6, 6.07) is 20.8. The lowest BCUT2D eigenvalue weighted by atomic mass is 10.1. The summed E-state index contributed by atoms with van der Waals surface area (Å²) >= 11 is 0. The zero-order chi connectivity index (χ0) is 21.8. The minimum atomic E-state index is -0.739. The standard InChI is InChI=1S/C24H21N3O4/c1-15-7-9-18(10-8-15)24-27-26-23(31-24)16(2)30-21(28)14-25-22(29)20-12-11-17-5-3-4-6-19(17)13-20/h3-13,16H,14H2,1-2H3,(H,25,29)/t16-/m1/s1. The molecule has 31 heavy (non-hydrogen) atoms. The molecule has 0 fully saturated rings. The Labute approximate surface area is 179 Å². The van der Waals surface area contributed by atoms with E-state index in [-0.39, 0.29) is 18.3 Å². The van der Waals surface area contributed by atoms with Crippen LogP contribution in [0, 0.1) is 6.92 Å². The van der Waals surface area contributed by atoms with Gasteiger partial charge in [-0.15, -0.1) is 10.2 Å². The van der Waals surface area contributed by atoms with Crippen molar-refractivity contribution in [3.05, 3.63) is 83.7 Å². The van der Waals surface area contributed by atoms with Crippen LogP contribution in [-0.2, 0) is 9.53 Å². The number of nitrogens with zero attached hydrogens (tertiary/aromatic N) is 2. The van der Waals surface area contributed by atoms with E-state index in [0.717, 1.165) is 21.9 Å². The van der Waals surface area contributed by atoms with Gasteiger partial charge >= 0.3 is 5.97 Å². The summed E-state index contributed by atoms with van der Waals surface area (Å²) in [5, 5.41) is 12.5. The van der Waals surface area contributed by atoms with Gasteiger partial charge in [0, 0.05) is 11.1 Å². The number of aromatic nitrogens is 2. The molecule has 7 nitrogen and oxygen atoms in total. The molecular weight excluding hydrogens is 394 g/mol. The number of ether oxygens (including phenoxy) is 1. The van der Waals surface area contributed by atoms with E-state index in [0.29, 0.717) is 11.5 Å². The summed E-state index contributed by atoms with van der Waals surface area (Å²) in [6.07, 6.45) is -0.739. The molecule has 0 aliphatic carbocycles. The van der Waals surface area contributed by atoms with Gasteiger partial charge in [0.05, 0.1) is 0 Å². The van der Waals surface area contributed by atoms with Crippen molar-refractivity contribution >= 4 is 22.6 Å². The van der Waals surface area contributed by atoms with Crippen molar-refractivity contribution in [2.75, 3.05) is 6.54 Å². The van der Waals surface area contributed by atoms with Crippen LogP contribution in [0.1, 0.15) is 34.8 Å². The molecule has 1 N–H and O–H groups in total. The predicted octanol–water partition coefficient (Wildman–Crippen LogP) is 4.23. The lowest BCUT2D eigenvalue weighted by Gasteiger charge is -2.10. The number of carbonyl (C=O) groups excluding carboxylic acids is 2.